The van der Waals surface area contributed by atoms with E-state index < -0.39 is 0 Å². The van der Waals surface area contributed by atoms with Crippen molar-refractivity contribution in [2.45, 2.75) is 31.7 Å². The zero-order valence-electron chi connectivity index (χ0n) is 12.5. The SMILES string of the molecule is N[C@@H]1CCC[C@H](C(=O)Nc2cccc(N3CCNC3=O)c2)C1. The van der Waals surface area contributed by atoms with Crippen LogP contribution in [0.2, 0.25) is 0 Å². The molecule has 0 aromatic heterocycles. The van der Waals surface area contributed by atoms with Crippen LogP contribution in [-0.4, -0.2) is 31.1 Å². The number of nitrogens with one attached hydrogen (secondary N) is 2. The second kappa shape index (κ2) is 6.36. The Kier molecular flexibility index (Phi) is 4.29. The maximum atomic E-state index is 12.4. The number of hydrogen-bond acceptors (Lipinski definition) is 3. The van der Waals surface area contributed by atoms with E-state index in [-0.39, 0.29) is 23.9 Å². The van der Waals surface area contributed by atoms with Crippen LogP contribution in [0.1, 0.15) is 25.7 Å². The summed E-state index contributed by atoms with van der Waals surface area (Å²) in [7, 11) is 0. The summed E-state index contributed by atoms with van der Waals surface area (Å²) < 4.78 is 0. The Morgan fingerprint density at radius 3 is 2.95 bits per heavy atom. The highest BCUT2D eigenvalue weighted by Crippen LogP contribution is 2.26. The van der Waals surface area contributed by atoms with Crippen molar-refractivity contribution in [2.24, 2.45) is 11.7 Å². The zero-order valence-corrected chi connectivity index (χ0v) is 12.5. The fourth-order valence-corrected chi connectivity index (χ4v) is 3.18. The molecule has 2 fully saturated rings. The Bertz CT molecular complexity index is 575. The Morgan fingerprint density at radius 2 is 2.23 bits per heavy atom. The molecule has 118 valence electrons. The van der Waals surface area contributed by atoms with Gasteiger partial charge in [-0.25, -0.2) is 4.79 Å². The maximum Gasteiger partial charge on any atom is 0.321 e. The van der Waals surface area contributed by atoms with Crippen molar-refractivity contribution < 1.29 is 9.59 Å². The number of hydrogen-bond donors (Lipinski definition) is 3. The first kappa shape index (κ1) is 14.8. The lowest BCUT2D eigenvalue weighted by atomic mass is 9.85. The number of nitrogens with two attached hydrogens (primary N) is 1. The molecule has 1 saturated carbocycles. The molecule has 2 atom stereocenters. The number of carbonyl (C=O) groups is 2. The molecule has 4 N–H and O–H groups in total. The van der Waals surface area contributed by atoms with Crippen LogP contribution >= 0.6 is 0 Å². The average molecular weight is 302 g/mol. The molecular formula is C16H22N4O2. The molecule has 22 heavy (non-hydrogen) atoms. The standard InChI is InChI=1S/C16H22N4O2/c17-12-4-1-3-11(9-12)15(21)19-13-5-2-6-14(10-13)20-8-7-18-16(20)22/h2,5-6,10-12H,1,3-4,7-9,17H2,(H,18,22)(H,19,21)/t11-,12+/m0/s1. The molecule has 1 aliphatic carbocycles. The predicted octanol–water partition coefficient (Wildman–Crippen LogP) is 1.67. The minimum atomic E-state index is -0.0956. The summed E-state index contributed by atoms with van der Waals surface area (Å²) in [6, 6.07) is 7.44. The molecule has 1 aromatic rings. The highest BCUT2D eigenvalue weighted by Gasteiger charge is 2.26. The molecular weight excluding hydrogens is 280 g/mol. The summed E-state index contributed by atoms with van der Waals surface area (Å²) in [5.74, 6) is 0.0145. The molecule has 3 amide bonds. The molecule has 1 saturated heterocycles. The second-order valence-electron chi connectivity index (χ2n) is 6.05. The summed E-state index contributed by atoms with van der Waals surface area (Å²) >= 11 is 0. The molecule has 0 spiro atoms. The van der Waals surface area contributed by atoms with Gasteiger partial charge in [0.05, 0.1) is 0 Å². The first-order chi connectivity index (χ1) is 10.6. The Labute approximate surface area is 130 Å². The highest BCUT2D eigenvalue weighted by molar-refractivity contribution is 5.96. The normalized spacial score (nSPS) is 25.0. The van der Waals surface area contributed by atoms with Gasteiger partial charge in [-0.3, -0.25) is 9.69 Å². The predicted molar refractivity (Wildman–Crippen MR) is 85.7 cm³/mol. The number of rotatable bonds is 3. The van der Waals surface area contributed by atoms with Crippen molar-refractivity contribution in [3.8, 4) is 0 Å². The van der Waals surface area contributed by atoms with Crippen LogP contribution in [0.25, 0.3) is 0 Å². The average Bonchev–Trinajstić information content (AvgIpc) is 2.94. The lowest BCUT2D eigenvalue weighted by molar-refractivity contribution is -0.120. The first-order valence-corrected chi connectivity index (χ1v) is 7.85. The van der Waals surface area contributed by atoms with Gasteiger partial charge in [-0.05, 0) is 37.5 Å². The highest BCUT2D eigenvalue weighted by atomic mass is 16.2. The van der Waals surface area contributed by atoms with Gasteiger partial charge in [0.15, 0.2) is 0 Å². The quantitative estimate of drug-likeness (QED) is 0.793. The van der Waals surface area contributed by atoms with Gasteiger partial charge in [-0.2, -0.15) is 0 Å². The van der Waals surface area contributed by atoms with Crippen LogP contribution in [0.15, 0.2) is 24.3 Å². The summed E-state index contributed by atoms with van der Waals surface area (Å²) in [5, 5.41) is 5.73. The van der Waals surface area contributed by atoms with Crippen molar-refractivity contribution >= 4 is 23.3 Å². The van der Waals surface area contributed by atoms with E-state index in [0.29, 0.717) is 13.1 Å². The fraction of sp³-hybridized carbons (Fsp3) is 0.500. The van der Waals surface area contributed by atoms with Crippen LogP contribution in [0.4, 0.5) is 16.2 Å². The van der Waals surface area contributed by atoms with Gasteiger partial charge in [0, 0.05) is 36.4 Å². The third kappa shape index (κ3) is 3.22. The molecule has 0 radical (unpaired) electrons. The van der Waals surface area contributed by atoms with Gasteiger partial charge >= 0.3 is 6.03 Å². The molecule has 2 aliphatic rings. The number of nitrogens with zero attached hydrogens (tertiary/aromatic N) is 1. The second-order valence-corrected chi connectivity index (χ2v) is 6.05. The summed E-state index contributed by atoms with van der Waals surface area (Å²) in [5.41, 5.74) is 7.47. The largest absolute Gasteiger partial charge is 0.336 e. The van der Waals surface area contributed by atoms with Crippen LogP contribution in [0, 0.1) is 5.92 Å². The van der Waals surface area contributed by atoms with E-state index in [9.17, 15) is 9.59 Å². The van der Waals surface area contributed by atoms with Crippen molar-refractivity contribution in [1.29, 1.82) is 0 Å². The molecule has 6 heteroatoms. The maximum absolute atomic E-state index is 12.4. The van der Waals surface area contributed by atoms with Gasteiger partial charge in [-0.1, -0.05) is 12.5 Å². The number of anilines is 2. The lowest BCUT2D eigenvalue weighted by Gasteiger charge is -2.25. The van der Waals surface area contributed by atoms with Crippen molar-refractivity contribution in [2.75, 3.05) is 23.3 Å². The molecule has 3 rings (SSSR count). The Hall–Kier alpha value is -2.08. The molecule has 6 nitrogen and oxygen atoms in total. The first-order valence-electron chi connectivity index (χ1n) is 7.85. The smallest absolute Gasteiger partial charge is 0.321 e. The third-order valence-electron chi connectivity index (χ3n) is 4.37. The molecule has 0 bridgehead atoms. The van der Waals surface area contributed by atoms with E-state index in [4.69, 9.17) is 5.73 Å². The van der Waals surface area contributed by atoms with E-state index in [1.165, 1.54) is 0 Å². The Morgan fingerprint density at radius 1 is 1.36 bits per heavy atom. The van der Waals surface area contributed by atoms with Gasteiger partial charge in [0.25, 0.3) is 0 Å². The molecule has 1 aliphatic heterocycles. The van der Waals surface area contributed by atoms with Crippen molar-refractivity contribution in [1.82, 2.24) is 5.32 Å². The van der Waals surface area contributed by atoms with E-state index in [0.717, 1.165) is 37.1 Å². The number of benzene rings is 1. The zero-order chi connectivity index (χ0) is 15.5. The fourth-order valence-electron chi connectivity index (χ4n) is 3.18. The lowest BCUT2D eigenvalue weighted by Crippen LogP contribution is -2.34. The van der Waals surface area contributed by atoms with Crippen LogP contribution in [-0.2, 0) is 4.79 Å². The summed E-state index contributed by atoms with van der Waals surface area (Å²) in [6.45, 7) is 1.29. The van der Waals surface area contributed by atoms with Crippen molar-refractivity contribution in [3.63, 3.8) is 0 Å². The molecule has 1 heterocycles. The minimum Gasteiger partial charge on any atom is -0.336 e. The molecule has 0 unspecified atom stereocenters. The van der Waals surface area contributed by atoms with Gasteiger partial charge in [0.1, 0.15) is 0 Å². The van der Waals surface area contributed by atoms with Gasteiger partial charge in [0.2, 0.25) is 5.91 Å². The van der Waals surface area contributed by atoms with E-state index in [1.54, 1.807) is 4.90 Å². The summed E-state index contributed by atoms with van der Waals surface area (Å²) in [6.07, 6.45) is 3.66. The topological polar surface area (TPSA) is 87.5 Å². The monoisotopic (exact) mass is 302 g/mol. The molecule has 1 aromatic carbocycles. The van der Waals surface area contributed by atoms with E-state index in [2.05, 4.69) is 10.6 Å². The van der Waals surface area contributed by atoms with E-state index >= 15 is 0 Å². The van der Waals surface area contributed by atoms with Crippen LogP contribution in [0.3, 0.4) is 0 Å². The number of amides is 3. The summed E-state index contributed by atoms with van der Waals surface area (Å²) in [4.78, 5) is 25.7. The number of carbonyl (C=O) groups excluding carboxylic acids is 2. The van der Waals surface area contributed by atoms with E-state index in [1.807, 2.05) is 24.3 Å². The van der Waals surface area contributed by atoms with Crippen LogP contribution < -0.4 is 21.3 Å². The van der Waals surface area contributed by atoms with Gasteiger partial charge < -0.3 is 16.4 Å². The Balaban J connectivity index is 1.67. The third-order valence-corrected chi connectivity index (χ3v) is 4.37. The minimum absolute atomic E-state index is 0.0116. The van der Waals surface area contributed by atoms with Crippen molar-refractivity contribution in [3.05, 3.63) is 24.3 Å². The van der Waals surface area contributed by atoms with Gasteiger partial charge in [-0.15, -0.1) is 0 Å². The van der Waals surface area contributed by atoms with Crippen LogP contribution in [0.5, 0.6) is 0 Å². The number of urea groups is 1.